The number of benzene rings is 2. The molecule has 0 unspecified atom stereocenters. The number of nitrogen functional groups attached to an aromatic ring is 1. The van der Waals surface area contributed by atoms with E-state index >= 15 is 0 Å². The number of halogens is 2. The van der Waals surface area contributed by atoms with Crippen molar-refractivity contribution in [2.45, 2.75) is 13.5 Å². The Morgan fingerprint density at radius 1 is 1.28 bits per heavy atom. The predicted molar refractivity (Wildman–Crippen MR) is 74.0 cm³/mol. The van der Waals surface area contributed by atoms with Gasteiger partial charge in [0, 0.05) is 15.7 Å². The van der Waals surface area contributed by atoms with Crippen molar-refractivity contribution in [3.05, 3.63) is 57.8 Å². The van der Waals surface area contributed by atoms with Gasteiger partial charge in [-0.25, -0.2) is 4.39 Å². The van der Waals surface area contributed by atoms with Gasteiger partial charge >= 0.3 is 0 Å². The van der Waals surface area contributed by atoms with Gasteiger partial charge in [0.25, 0.3) is 0 Å². The van der Waals surface area contributed by atoms with Crippen LogP contribution in [-0.4, -0.2) is 0 Å². The Morgan fingerprint density at radius 3 is 2.78 bits per heavy atom. The van der Waals surface area contributed by atoms with E-state index in [0.29, 0.717) is 18.0 Å². The second kappa shape index (κ2) is 5.40. The molecule has 4 heteroatoms. The minimum absolute atomic E-state index is 0.259. The van der Waals surface area contributed by atoms with Crippen LogP contribution in [0.15, 0.2) is 40.9 Å². The highest BCUT2D eigenvalue weighted by atomic mass is 79.9. The van der Waals surface area contributed by atoms with E-state index in [0.717, 1.165) is 15.6 Å². The van der Waals surface area contributed by atoms with Crippen LogP contribution in [0.3, 0.4) is 0 Å². The van der Waals surface area contributed by atoms with Gasteiger partial charge < -0.3 is 10.5 Å². The summed E-state index contributed by atoms with van der Waals surface area (Å²) in [6.45, 7) is 2.20. The van der Waals surface area contributed by atoms with Gasteiger partial charge in [-0.05, 0) is 52.7 Å². The standard InChI is InChI=1S/C14H13BrFNO/c1-9-7-11(16)5-6-13(9)18-8-10-3-2-4-12(17)14(10)15/h2-7H,8,17H2,1H3. The van der Waals surface area contributed by atoms with E-state index in [-0.39, 0.29) is 5.82 Å². The summed E-state index contributed by atoms with van der Waals surface area (Å²) in [7, 11) is 0. The summed E-state index contributed by atoms with van der Waals surface area (Å²) >= 11 is 3.42. The molecule has 94 valence electrons. The third-order valence-corrected chi connectivity index (χ3v) is 3.60. The van der Waals surface area contributed by atoms with Crippen LogP contribution in [-0.2, 0) is 6.61 Å². The molecule has 2 aromatic carbocycles. The van der Waals surface area contributed by atoms with Crippen LogP contribution in [0.4, 0.5) is 10.1 Å². The lowest BCUT2D eigenvalue weighted by Gasteiger charge is -2.11. The molecule has 0 radical (unpaired) electrons. The topological polar surface area (TPSA) is 35.2 Å². The van der Waals surface area contributed by atoms with E-state index in [1.807, 2.05) is 25.1 Å². The molecular weight excluding hydrogens is 297 g/mol. The lowest BCUT2D eigenvalue weighted by molar-refractivity contribution is 0.303. The van der Waals surface area contributed by atoms with Gasteiger partial charge in [-0.3, -0.25) is 0 Å². The van der Waals surface area contributed by atoms with Crippen LogP contribution in [0.2, 0.25) is 0 Å². The smallest absolute Gasteiger partial charge is 0.123 e. The average molecular weight is 310 g/mol. The minimum atomic E-state index is -0.259. The molecule has 0 amide bonds. The summed E-state index contributed by atoms with van der Waals surface area (Å²) in [4.78, 5) is 0. The molecule has 2 aromatic rings. The number of aryl methyl sites for hydroxylation is 1. The van der Waals surface area contributed by atoms with Gasteiger partial charge in [0.1, 0.15) is 18.2 Å². The van der Waals surface area contributed by atoms with Crippen molar-refractivity contribution < 1.29 is 9.13 Å². The van der Waals surface area contributed by atoms with E-state index in [1.54, 1.807) is 6.07 Å². The van der Waals surface area contributed by atoms with E-state index < -0.39 is 0 Å². The highest BCUT2D eigenvalue weighted by Gasteiger charge is 2.05. The Bertz CT molecular complexity index is 572. The Morgan fingerprint density at radius 2 is 2.06 bits per heavy atom. The maximum atomic E-state index is 12.9. The van der Waals surface area contributed by atoms with Crippen LogP contribution in [0.5, 0.6) is 5.75 Å². The summed E-state index contributed by atoms with van der Waals surface area (Å²) in [5.74, 6) is 0.413. The van der Waals surface area contributed by atoms with E-state index in [9.17, 15) is 4.39 Å². The molecule has 0 saturated carbocycles. The molecule has 0 bridgehead atoms. The predicted octanol–water partition coefficient (Wildman–Crippen LogP) is 4.06. The molecule has 0 aromatic heterocycles. The molecule has 2 N–H and O–H groups in total. The zero-order valence-corrected chi connectivity index (χ0v) is 11.5. The molecule has 2 rings (SSSR count). The fraction of sp³-hybridized carbons (Fsp3) is 0.143. The van der Waals surface area contributed by atoms with Gasteiger partial charge in [-0.2, -0.15) is 0 Å². The normalized spacial score (nSPS) is 10.4. The van der Waals surface area contributed by atoms with Crippen LogP contribution in [0.25, 0.3) is 0 Å². The Balaban J connectivity index is 2.14. The Kier molecular flexibility index (Phi) is 3.87. The van der Waals surface area contributed by atoms with Crippen LogP contribution >= 0.6 is 15.9 Å². The van der Waals surface area contributed by atoms with Gasteiger partial charge in [-0.1, -0.05) is 12.1 Å². The summed E-state index contributed by atoms with van der Waals surface area (Å²) in [5.41, 5.74) is 8.19. The maximum Gasteiger partial charge on any atom is 0.123 e. The fourth-order valence-electron chi connectivity index (χ4n) is 1.64. The molecule has 0 aliphatic rings. The first kappa shape index (κ1) is 12.9. The molecule has 0 aliphatic carbocycles. The van der Waals surface area contributed by atoms with Crippen molar-refractivity contribution in [2.24, 2.45) is 0 Å². The zero-order chi connectivity index (χ0) is 13.1. The number of rotatable bonds is 3. The van der Waals surface area contributed by atoms with Gasteiger partial charge in [0.05, 0.1) is 0 Å². The van der Waals surface area contributed by atoms with Crippen molar-refractivity contribution in [1.82, 2.24) is 0 Å². The molecule has 0 spiro atoms. The number of hydrogen-bond acceptors (Lipinski definition) is 2. The lowest BCUT2D eigenvalue weighted by atomic mass is 10.2. The number of nitrogens with two attached hydrogens (primary N) is 1. The number of anilines is 1. The molecule has 18 heavy (non-hydrogen) atoms. The van der Waals surface area contributed by atoms with Gasteiger partial charge in [0.2, 0.25) is 0 Å². The molecule has 2 nitrogen and oxygen atoms in total. The lowest BCUT2D eigenvalue weighted by Crippen LogP contribution is -2.00. The third kappa shape index (κ3) is 2.82. The average Bonchev–Trinajstić information content (AvgIpc) is 2.33. The monoisotopic (exact) mass is 309 g/mol. The Hall–Kier alpha value is -1.55. The van der Waals surface area contributed by atoms with Crippen LogP contribution in [0.1, 0.15) is 11.1 Å². The Labute approximate surface area is 114 Å². The first-order valence-corrected chi connectivity index (χ1v) is 6.29. The molecule has 0 heterocycles. The SMILES string of the molecule is Cc1cc(F)ccc1OCc1cccc(N)c1Br. The summed E-state index contributed by atoms with van der Waals surface area (Å²) in [6, 6.07) is 10.1. The summed E-state index contributed by atoms with van der Waals surface area (Å²) < 4.78 is 19.4. The first-order chi connectivity index (χ1) is 8.58. The van der Waals surface area contributed by atoms with E-state index in [1.165, 1.54) is 12.1 Å². The number of hydrogen-bond donors (Lipinski definition) is 1. The highest BCUT2D eigenvalue weighted by Crippen LogP contribution is 2.26. The molecular formula is C14H13BrFNO. The minimum Gasteiger partial charge on any atom is -0.489 e. The van der Waals surface area contributed by atoms with Crippen LogP contribution in [0, 0.1) is 12.7 Å². The fourth-order valence-corrected chi connectivity index (χ4v) is 2.02. The summed E-state index contributed by atoms with van der Waals surface area (Å²) in [5, 5.41) is 0. The summed E-state index contributed by atoms with van der Waals surface area (Å²) in [6.07, 6.45) is 0. The second-order valence-corrected chi connectivity index (χ2v) is 4.81. The molecule has 0 atom stereocenters. The van der Waals surface area contributed by atoms with Crippen molar-refractivity contribution in [1.29, 1.82) is 0 Å². The number of ether oxygens (including phenoxy) is 1. The van der Waals surface area contributed by atoms with Crippen molar-refractivity contribution in [3.63, 3.8) is 0 Å². The third-order valence-electron chi connectivity index (χ3n) is 2.63. The van der Waals surface area contributed by atoms with E-state index in [2.05, 4.69) is 15.9 Å². The molecule has 0 aliphatic heterocycles. The van der Waals surface area contributed by atoms with Crippen molar-refractivity contribution in [2.75, 3.05) is 5.73 Å². The van der Waals surface area contributed by atoms with Crippen molar-refractivity contribution in [3.8, 4) is 5.75 Å². The van der Waals surface area contributed by atoms with E-state index in [4.69, 9.17) is 10.5 Å². The van der Waals surface area contributed by atoms with Crippen LogP contribution < -0.4 is 10.5 Å². The first-order valence-electron chi connectivity index (χ1n) is 5.50. The van der Waals surface area contributed by atoms with Gasteiger partial charge in [0.15, 0.2) is 0 Å². The zero-order valence-electron chi connectivity index (χ0n) is 9.91. The largest absolute Gasteiger partial charge is 0.489 e. The second-order valence-electron chi connectivity index (χ2n) is 4.02. The highest BCUT2D eigenvalue weighted by molar-refractivity contribution is 9.10. The molecule has 0 saturated heterocycles. The molecule has 0 fully saturated rings. The van der Waals surface area contributed by atoms with Gasteiger partial charge in [-0.15, -0.1) is 0 Å². The maximum absolute atomic E-state index is 12.9. The van der Waals surface area contributed by atoms with Crippen molar-refractivity contribution >= 4 is 21.6 Å². The quantitative estimate of drug-likeness (QED) is 0.868.